The van der Waals surface area contributed by atoms with Gasteiger partial charge in [0.05, 0.1) is 12.2 Å². The molecule has 1 aromatic carbocycles. The van der Waals surface area contributed by atoms with Crippen LogP contribution in [0, 0.1) is 12.8 Å². The number of nitrogens with one attached hydrogen (secondary N) is 3. The molecule has 8 nitrogen and oxygen atoms in total. The van der Waals surface area contributed by atoms with Crippen molar-refractivity contribution < 1.29 is 23.9 Å². The van der Waals surface area contributed by atoms with Gasteiger partial charge in [-0.1, -0.05) is 0 Å². The van der Waals surface area contributed by atoms with Crippen molar-refractivity contribution in [3.05, 3.63) is 47.9 Å². The number of benzene rings is 1. The molecular weight excluding hydrogens is 362 g/mol. The van der Waals surface area contributed by atoms with Crippen molar-refractivity contribution in [2.75, 3.05) is 10.6 Å². The van der Waals surface area contributed by atoms with Gasteiger partial charge in [0.25, 0.3) is 5.91 Å². The van der Waals surface area contributed by atoms with Crippen molar-refractivity contribution in [2.45, 2.75) is 38.6 Å². The van der Waals surface area contributed by atoms with E-state index in [1.807, 2.05) is 6.92 Å². The van der Waals surface area contributed by atoms with Crippen molar-refractivity contribution in [1.82, 2.24) is 5.32 Å². The fourth-order valence-electron chi connectivity index (χ4n) is 3.31. The van der Waals surface area contributed by atoms with E-state index < -0.39 is 5.97 Å². The fourth-order valence-corrected chi connectivity index (χ4v) is 3.31. The van der Waals surface area contributed by atoms with Gasteiger partial charge in [0.15, 0.2) is 5.76 Å². The third kappa shape index (κ3) is 4.91. The number of urea groups is 1. The third-order valence-corrected chi connectivity index (χ3v) is 4.89. The van der Waals surface area contributed by atoms with Crippen LogP contribution in [0.4, 0.5) is 16.2 Å². The highest BCUT2D eigenvalue weighted by Crippen LogP contribution is 2.25. The smallest absolute Gasteiger partial charge is 0.319 e. The van der Waals surface area contributed by atoms with Crippen molar-refractivity contribution >= 4 is 29.3 Å². The summed E-state index contributed by atoms with van der Waals surface area (Å²) in [6, 6.07) is 8.04. The molecule has 1 aliphatic rings. The minimum Gasteiger partial charge on any atom is -0.481 e. The van der Waals surface area contributed by atoms with Crippen molar-refractivity contribution in [3.8, 4) is 0 Å². The first-order valence-corrected chi connectivity index (χ1v) is 9.18. The van der Waals surface area contributed by atoms with Gasteiger partial charge >= 0.3 is 12.0 Å². The van der Waals surface area contributed by atoms with Gasteiger partial charge in [-0.05, 0) is 68.5 Å². The van der Waals surface area contributed by atoms with E-state index in [9.17, 15) is 14.4 Å². The molecule has 3 rings (SSSR count). The van der Waals surface area contributed by atoms with Crippen molar-refractivity contribution in [1.29, 1.82) is 0 Å². The summed E-state index contributed by atoms with van der Waals surface area (Å²) in [5, 5.41) is 17.5. The number of rotatable bonds is 5. The Hall–Kier alpha value is -3.29. The molecule has 0 bridgehead atoms. The Kier molecular flexibility index (Phi) is 5.98. The summed E-state index contributed by atoms with van der Waals surface area (Å²) in [7, 11) is 0. The van der Waals surface area contributed by atoms with E-state index >= 15 is 0 Å². The molecule has 1 aromatic heterocycles. The molecule has 0 spiro atoms. The van der Waals surface area contributed by atoms with Gasteiger partial charge in [-0.25, -0.2) is 4.79 Å². The molecule has 8 heteroatoms. The number of hydrogen-bond acceptors (Lipinski definition) is 4. The quantitative estimate of drug-likeness (QED) is 0.627. The topological polar surface area (TPSA) is 121 Å². The van der Waals surface area contributed by atoms with Gasteiger partial charge in [-0.3, -0.25) is 9.59 Å². The zero-order chi connectivity index (χ0) is 20.1. The maximum Gasteiger partial charge on any atom is 0.319 e. The molecule has 0 unspecified atom stereocenters. The summed E-state index contributed by atoms with van der Waals surface area (Å²) in [4.78, 5) is 35.2. The molecule has 1 aliphatic carbocycles. The monoisotopic (exact) mass is 385 g/mol. The molecule has 3 amide bonds. The number of aryl methyl sites for hydroxylation is 1. The molecule has 1 fully saturated rings. The van der Waals surface area contributed by atoms with Gasteiger partial charge < -0.3 is 25.5 Å². The number of anilines is 2. The van der Waals surface area contributed by atoms with Crippen LogP contribution in [0.5, 0.6) is 0 Å². The van der Waals surface area contributed by atoms with Crippen molar-refractivity contribution in [3.63, 3.8) is 0 Å². The Bertz CT molecular complexity index is 855. The normalized spacial score (nSPS) is 18.9. The van der Waals surface area contributed by atoms with E-state index in [1.54, 1.807) is 30.3 Å². The van der Waals surface area contributed by atoms with E-state index in [2.05, 4.69) is 16.0 Å². The molecule has 2 aromatic rings. The highest BCUT2D eigenvalue weighted by atomic mass is 16.4. The Balaban J connectivity index is 1.52. The molecule has 1 heterocycles. The number of amides is 3. The standard InChI is InChI=1S/C20H23N3O5/c1-12-11-15(8-9-16(12)23-18(24)17-3-2-10-28-17)22-20(27)21-14-6-4-13(5-7-14)19(25)26/h2-3,8-11,13-14H,4-7H2,1H3,(H,23,24)(H,25,26)(H2,21,22,27). The third-order valence-electron chi connectivity index (χ3n) is 4.89. The Morgan fingerprint density at radius 2 is 1.82 bits per heavy atom. The highest BCUT2D eigenvalue weighted by Gasteiger charge is 2.26. The second-order valence-electron chi connectivity index (χ2n) is 6.95. The molecule has 28 heavy (non-hydrogen) atoms. The Labute approximate surface area is 162 Å². The predicted octanol–water partition coefficient (Wildman–Crippen LogP) is 3.61. The lowest BCUT2D eigenvalue weighted by molar-refractivity contribution is -0.142. The van der Waals surface area contributed by atoms with Crippen LogP contribution in [0.1, 0.15) is 41.8 Å². The number of carbonyl (C=O) groups excluding carboxylic acids is 2. The summed E-state index contributed by atoms with van der Waals surface area (Å²) < 4.78 is 5.07. The first-order chi connectivity index (χ1) is 13.4. The summed E-state index contributed by atoms with van der Waals surface area (Å²) in [6.07, 6.45) is 3.89. The van der Waals surface area contributed by atoms with E-state index in [1.165, 1.54) is 6.26 Å². The first kappa shape index (κ1) is 19.5. The fraction of sp³-hybridized carbons (Fsp3) is 0.350. The van der Waals surface area contributed by atoms with Crippen LogP contribution in [0.2, 0.25) is 0 Å². The molecule has 148 valence electrons. The largest absolute Gasteiger partial charge is 0.481 e. The number of carboxylic acids is 1. The second kappa shape index (κ2) is 8.60. The molecule has 1 saturated carbocycles. The number of hydrogen-bond donors (Lipinski definition) is 4. The van der Waals surface area contributed by atoms with Crippen LogP contribution in [-0.2, 0) is 4.79 Å². The summed E-state index contributed by atoms with van der Waals surface area (Å²) in [5.74, 6) is -1.20. The number of carboxylic acid groups (broad SMARTS) is 1. The van der Waals surface area contributed by atoms with E-state index in [-0.39, 0.29) is 29.7 Å². The Morgan fingerprint density at radius 1 is 1.07 bits per heavy atom. The molecule has 0 saturated heterocycles. The zero-order valence-electron chi connectivity index (χ0n) is 15.5. The predicted molar refractivity (Wildman–Crippen MR) is 103 cm³/mol. The van der Waals surface area contributed by atoms with Crippen LogP contribution in [0.3, 0.4) is 0 Å². The summed E-state index contributed by atoms with van der Waals surface area (Å²) >= 11 is 0. The minimum atomic E-state index is -0.766. The number of furan rings is 1. The number of aliphatic carboxylic acids is 1. The zero-order valence-corrected chi connectivity index (χ0v) is 15.5. The molecule has 0 atom stereocenters. The second-order valence-corrected chi connectivity index (χ2v) is 6.95. The lowest BCUT2D eigenvalue weighted by Crippen LogP contribution is -2.41. The van der Waals surface area contributed by atoms with E-state index in [0.29, 0.717) is 37.1 Å². The van der Waals surface area contributed by atoms with Gasteiger partial charge in [0.1, 0.15) is 0 Å². The summed E-state index contributed by atoms with van der Waals surface area (Å²) in [5.41, 5.74) is 2.02. The lowest BCUT2D eigenvalue weighted by Gasteiger charge is -2.26. The van der Waals surface area contributed by atoms with Gasteiger partial charge in [-0.15, -0.1) is 0 Å². The Morgan fingerprint density at radius 3 is 2.43 bits per heavy atom. The van der Waals surface area contributed by atoms with Gasteiger partial charge in [-0.2, -0.15) is 0 Å². The SMILES string of the molecule is Cc1cc(NC(=O)NC2CCC(C(=O)O)CC2)ccc1NC(=O)c1ccco1. The first-order valence-electron chi connectivity index (χ1n) is 9.18. The molecule has 4 N–H and O–H groups in total. The highest BCUT2D eigenvalue weighted by molar-refractivity contribution is 6.02. The van der Waals surface area contributed by atoms with Crippen LogP contribution >= 0.6 is 0 Å². The number of carbonyl (C=O) groups is 3. The van der Waals surface area contributed by atoms with Gasteiger partial charge in [0, 0.05) is 17.4 Å². The van der Waals surface area contributed by atoms with E-state index in [4.69, 9.17) is 9.52 Å². The van der Waals surface area contributed by atoms with Crippen LogP contribution in [-0.4, -0.2) is 29.1 Å². The lowest BCUT2D eigenvalue weighted by atomic mass is 9.86. The molecule has 0 aliphatic heterocycles. The maximum absolute atomic E-state index is 12.2. The van der Waals surface area contributed by atoms with Crippen LogP contribution in [0.15, 0.2) is 41.0 Å². The minimum absolute atomic E-state index is 0.0245. The molecular formula is C20H23N3O5. The molecule has 0 radical (unpaired) electrons. The van der Waals surface area contributed by atoms with Crippen molar-refractivity contribution in [2.24, 2.45) is 5.92 Å². The van der Waals surface area contributed by atoms with Gasteiger partial charge in [0.2, 0.25) is 0 Å². The summed E-state index contributed by atoms with van der Waals surface area (Å²) in [6.45, 7) is 1.83. The average Bonchev–Trinajstić information content (AvgIpc) is 3.19. The average molecular weight is 385 g/mol. The maximum atomic E-state index is 12.2. The van der Waals surface area contributed by atoms with Crippen LogP contribution in [0.25, 0.3) is 0 Å². The van der Waals surface area contributed by atoms with Crippen LogP contribution < -0.4 is 16.0 Å². The van der Waals surface area contributed by atoms with E-state index in [0.717, 1.165) is 5.56 Å².